The highest BCUT2D eigenvalue weighted by molar-refractivity contribution is 8.14. The number of hydrogen-bond acceptors (Lipinski definition) is 3. The van der Waals surface area contributed by atoms with E-state index in [1.165, 1.54) is 10.9 Å². The van der Waals surface area contributed by atoms with Crippen molar-refractivity contribution in [2.45, 2.75) is 13.8 Å². The standard InChI is InChI=1S/C9H14N2S/c1-7(2)8-3-6-12-9-10-4-5-11(8)9/h3,7H,4-6H2,1-2H3. The summed E-state index contributed by atoms with van der Waals surface area (Å²) in [6.45, 7) is 6.56. The van der Waals surface area contributed by atoms with Crippen LogP contribution in [0.5, 0.6) is 0 Å². The van der Waals surface area contributed by atoms with Crippen LogP contribution in [0.1, 0.15) is 13.8 Å². The molecule has 2 aliphatic rings. The van der Waals surface area contributed by atoms with E-state index in [9.17, 15) is 0 Å². The highest BCUT2D eigenvalue weighted by Crippen LogP contribution is 2.28. The second-order valence-corrected chi connectivity index (χ2v) is 4.40. The largest absolute Gasteiger partial charge is 0.323 e. The first-order valence-corrected chi connectivity index (χ1v) is 5.42. The van der Waals surface area contributed by atoms with E-state index in [-0.39, 0.29) is 0 Å². The van der Waals surface area contributed by atoms with E-state index in [2.05, 4.69) is 29.8 Å². The summed E-state index contributed by atoms with van der Waals surface area (Å²) in [5, 5.41) is 1.24. The van der Waals surface area contributed by atoms with Crippen LogP contribution in [-0.4, -0.2) is 28.9 Å². The maximum Gasteiger partial charge on any atom is 0.163 e. The maximum atomic E-state index is 4.46. The molecule has 0 aromatic heterocycles. The van der Waals surface area contributed by atoms with Gasteiger partial charge in [0.25, 0.3) is 0 Å². The summed E-state index contributed by atoms with van der Waals surface area (Å²) in [6.07, 6.45) is 2.33. The maximum absolute atomic E-state index is 4.46. The van der Waals surface area contributed by atoms with Crippen LogP contribution >= 0.6 is 11.8 Å². The van der Waals surface area contributed by atoms with Gasteiger partial charge < -0.3 is 4.90 Å². The van der Waals surface area contributed by atoms with E-state index >= 15 is 0 Å². The van der Waals surface area contributed by atoms with Gasteiger partial charge in [-0.05, 0) is 5.92 Å². The van der Waals surface area contributed by atoms with Gasteiger partial charge in [-0.25, -0.2) is 0 Å². The third-order valence-corrected chi connectivity index (χ3v) is 3.15. The normalized spacial score (nSPS) is 22.4. The van der Waals surface area contributed by atoms with E-state index in [1.54, 1.807) is 0 Å². The molecule has 0 N–H and O–H groups in total. The molecule has 2 heterocycles. The molecule has 0 fully saturated rings. The molecule has 0 saturated heterocycles. The van der Waals surface area contributed by atoms with Crippen molar-refractivity contribution < 1.29 is 0 Å². The Hall–Kier alpha value is -0.440. The Morgan fingerprint density at radius 3 is 3.17 bits per heavy atom. The molecule has 0 atom stereocenters. The predicted molar refractivity (Wildman–Crippen MR) is 54.4 cm³/mol. The van der Waals surface area contributed by atoms with E-state index in [0.717, 1.165) is 18.8 Å². The third kappa shape index (κ3) is 1.26. The SMILES string of the molecule is CC(C)C1=CCSC2=NCCN12. The molecule has 0 aliphatic carbocycles. The lowest BCUT2D eigenvalue weighted by atomic mass is 10.1. The summed E-state index contributed by atoms with van der Waals surface area (Å²) < 4.78 is 0. The number of rotatable bonds is 1. The topological polar surface area (TPSA) is 15.6 Å². The van der Waals surface area contributed by atoms with Crippen LogP contribution in [0.2, 0.25) is 0 Å². The molecular formula is C9H14N2S. The summed E-state index contributed by atoms with van der Waals surface area (Å²) >= 11 is 1.85. The average Bonchev–Trinajstić information content (AvgIpc) is 2.49. The fourth-order valence-corrected chi connectivity index (χ4v) is 2.59. The molecule has 3 heteroatoms. The first-order chi connectivity index (χ1) is 5.79. The highest BCUT2D eigenvalue weighted by Gasteiger charge is 2.25. The molecule has 0 unspecified atom stereocenters. The summed E-state index contributed by atoms with van der Waals surface area (Å²) in [4.78, 5) is 6.82. The molecule has 66 valence electrons. The van der Waals surface area contributed by atoms with Crippen molar-refractivity contribution in [2.24, 2.45) is 10.9 Å². The Morgan fingerprint density at radius 1 is 1.58 bits per heavy atom. The van der Waals surface area contributed by atoms with Crippen molar-refractivity contribution in [1.29, 1.82) is 0 Å². The number of allylic oxidation sites excluding steroid dienone is 1. The van der Waals surface area contributed by atoms with Crippen molar-refractivity contribution >= 4 is 16.9 Å². The second kappa shape index (κ2) is 3.13. The molecule has 0 amide bonds. The minimum absolute atomic E-state index is 0.634. The van der Waals surface area contributed by atoms with Gasteiger partial charge in [0, 0.05) is 18.0 Å². The molecule has 12 heavy (non-hydrogen) atoms. The number of nitrogens with zero attached hydrogens (tertiary/aromatic N) is 2. The minimum Gasteiger partial charge on any atom is -0.323 e. The molecule has 0 radical (unpaired) electrons. The minimum atomic E-state index is 0.634. The summed E-state index contributed by atoms with van der Waals surface area (Å²) in [6, 6.07) is 0. The molecule has 0 aromatic rings. The predicted octanol–water partition coefficient (Wildman–Crippen LogP) is 1.94. The van der Waals surface area contributed by atoms with Crippen LogP contribution in [0.3, 0.4) is 0 Å². The first kappa shape index (κ1) is 8.17. The number of fused-ring (bicyclic) bond motifs is 1. The Labute approximate surface area is 77.7 Å². The summed E-state index contributed by atoms with van der Waals surface area (Å²) in [7, 11) is 0. The molecular weight excluding hydrogens is 168 g/mol. The summed E-state index contributed by atoms with van der Waals surface area (Å²) in [5.74, 6) is 1.73. The van der Waals surface area contributed by atoms with Crippen LogP contribution in [-0.2, 0) is 0 Å². The van der Waals surface area contributed by atoms with Crippen molar-refractivity contribution in [3.05, 3.63) is 11.8 Å². The van der Waals surface area contributed by atoms with Crippen LogP contribution in [0.4, 0.5) is 0 Å². The lowest BCUT2D eigenvalue weighted by Crippen LogP contribution is -2.30. The number of hydrogen-bond donors (Lipinski definition) is 0. The molecule has 2 nitrogen and oxygen atoms in total. The van der Waals surface area contributed by atoms with Crippen molar-refractivity contribution in [2.75, 3.05) is 18.8 Å². The third-order valence-electron chi connectivity index (χ3n) is 2.21. The molecule has 2 rings (SSSR count). The van der Waals surface area contributed by atoms with Gasteiger partial charge in [0.05, 0.1) is 6.54 Å². The monoisotopic (exact) mass is 182 g/mol. The van der Waals surface area contributed by atoms with Gasteiger partial charge in [-0.1, -0.05) is 31.7 Å². The van der Waals surface area contributed by atoms with E-state index in [1.807, 2.05) is 11.8 Å². The van der Waals surface area contributed by atoms with Crippen LogP contribution in [0.25, 0.3) is 0 Å². The average molecular weight is 182 g/mol. The van der Waals surface area contributed by atoms with E-state index < -0.39 is 0 Å². The van der Waals surface area contributed by atoms with Crippen molar-refractivity contribution in [1.82, 2.24) is 4.90 Å². The van der Waals surface area contributed by atoms with Gasteiger partial charge in [-0.3, -0.25) is 4.99 Å². The van der Waals surface area contributed by atoms with Gasteiger partial charge in [0.1, 0.15) is 0 Å². The molecule has 0 spiro atoms. The molecule has 0 aromatic carbocycles. The zero-order chi connectivity index (χ0) is 8.55. The fourth-order valence-electron chi connectivity index (χ4n) is 1.65. The van der Waals surface area contributed by atoms with Gasteiger partial charge in [-0.2, -0.15) is 0 Å². The second-order valence-electron chi connectivity index (χ2n) is 3.41. The Kier molecular flexibility index (Phi) is 2.13. The number of thioether (sulfide) groups is 1. The van der Waals surface area contributed by atoms with E-state index in [4.69, 9.17) is 0 Å². The Morgan fingerprint density at radius 2 is 2.42 bits per heavy atom. The molecule has 2 aliphatic heterocycles. The van der Waals surface area contributed by atoms with Gasteiger partial charge in [0.15, 0.2) is 5.17 Å². The first-order valence-electron chi connectivity index (χ1n) is 4.44. The lowest BCUT2D eigenvalue weighted by molar-refractivity contribution is 0.490. The lowest BCUT2D eigenvalue weighted by Gasteiger charge is -2.29. The van der Waals surface area contributed by atoms with Crippen molar-refractivity contribution in [3.8, 4) is 0 Å². The van der Waals surface area contributed by atoms with Gasteiger partial charge in [-0.15, -0.1) is 0 Å². The Bertz CT molecular complexity index is 243. The fraction of sp³-hybridized carbons (Fsp3) is 0.667. The zero-order valence-corrected chi connectivity index (χ0v) is 8.40. The highest BCUT2D eigenvalue weighted by atomic mass is 32.2. The van der Waals surface area contributed by atoms with Crippen LogP contribution in [0.15, 0.2) is 16.8 Å². The van der Waals surface area contributed by atoms with Crippen LogP contribution < -0.4 is 0 Å². The zero-order valence-electron chi connectivity index (χ0n) is 7.58. The molecule has 0 bridgehead atoms. The number of amidine groups is 1. The van der Waals surface area contributed by atoms with Crippen molar-refractivity contribution in [3.63, 3.8) is 0 Å². The quantitative estimate of drug-likeness (QED) is 0.616. The van der Waals surface area contributed by atoms with Crippen LogP contribution in [0, 0.1) is 5.92 Å². The Balaban J connectivity index is 2.23. The van der Waals surface area contributed by atoms with Gasteiger partial charge in [0.2, 0.25) is 0 Å². The molecule has 0 saturated carbocycles. The number of aliphatic imine (C=N–C) groups is 1. The summed E-state index contributed by atoms with van der Waals surface area (Å²) in [5.41, 5.74) is 1.46. The van der Waals surface area contributed by atoms with Gasteiger partial charge >= 0.3 is 0 Å². The van der Waals surface area contributed by atoms with E-state index in [0.29, 0.717) is 5.92 Å². The smallest absolute Gasteiger partial charge is 0.163 e.